The van der Waals surface area contributed by atoms with Crippen molar-refractivity contribution < 1.29 is 122 Å². The minimum atomic E-state index is -8.17. The van der Waals surface area contributed by atoms with E-state index in [0.29, 0.717) is 0 Å². The molecule has 0 aliphatic heterocycles. The fourth-order valence-corrected chi connectivity index (χ4v) is 18.1. The second-order valence-corrected chi connectivity index (χ2v) is 25.6. The summed E-state index contributed by atoms with van der Waals surface area (Å²) in [6.45, 7) is 4.71. The molecule has 53 heavy (non-hydrogen) atoms. The van der Waals surface area contributed by atoms with Gasteiger partial charge in [0.1, 0.15) is 0 Å². The van der Waals surface area contributed by atoms with E-state index >= 15 is 0 Å². The Morgan fingerprint density at radius 3 is 0.679 bits per heavy atom. The maximum atomic E-state index is 14.3. The maximum absolute atomic E-state index is 14.3. The molecule has 0 bridgehead atoms. The fourth-order valence-electron chi connectivity index (χ4n) is 4.29. The zero-order chi connectivity index (χ0) is 43.7. The lowest BCUT2D eigenvalue weighted by Crippen LogP contribution is -2.70. The van der Waals surface area contributed by atoms with Crippen molar-refractivity contribution in [2.24, 2.45) is 0 Å². The molecule has 31 heteroatoms. The Labute approximate surface area is 284 Å². The van der Waals surface area contributed by atoms with Crippen LogP contribution < -0.4 is 0 Å². The van der Waals surface area contributed by atoms with Crippen LogP contribution in [0.2, 0.25) is 51.4 Å². The molecule has 0 amide bonds. The van der Waals surface area contributed by atoms with Crippen LogP contribution in [0.25, 0.3) is 0 Å². The van der Waals surface area contributed by atoms with E-state index in [9.17, 15) is 114 Å². The summed E-state index contributed by atoms with van der Waals surface area (Å²) < 4.78 is 359. The molecule has 0 N–H and O–H groups in total. The highest BCUT2D eigenvalue weighted by Gasteiger charge is 2.92. The lowest BCUT2D eigenvalue weighted by molar-refractivity contribution is -0.440. The first kappa shape index (κ1) is 51.8. The topological polar surface area (TPSA) is 18.5 Å². The molecule has 0 aromatic carbocycles. The van der Waals surface area contributed by atoms with Crippen LogP contribution in [0.3, 0.4) is 0 Å². The standard InChI is InChI=1S/C22H26F26O2Si3/c1-51(2,9-7-11(23,24)13(27,28)15(31,32)17(35,36)19(39,40)21(43,44)45)49-53(5,6)50-52(3,4)10-8-12(25,26)14(29,30)16(33,34)18(37,38)20(41,42)22(46,47)48/h7-10H2,1-6H3. The second-order valence-electron chi connectivity index (χ2n) is 13.1. The van der Waals surface area contributed by atoms with E-state index in [0.717, 1.165) is 39.3 Å². The molecule has 0 unspecified atom stereocenters. The smallest absolute Gasteiger partial charge is 0.437 e. The first-order valence-corrected chi connectivity index (χ1v) is 22.7. The van der Waals surface area contributed by atoms with Crippen molar-refractivity contribution >= 4 is 25.2 Å². The molecule has 0 aliphatic carbocycles. The minimum absolute atomic E-state index is 0.756. The van der Waals surface area contributed by atoms with Crippen LogP contribution in [0.1, 0.15) is 12.8 Å². The number of hydrogen-bond donors (Lipinski definition) is 0. The largest absolute Gasteiger partial charge is 0.460 e. The summed E-state index contributed by atoms with van der Waals surface area (Å²) in [7, 11) is -12.6. The molecule has 0 fully saturated rings. The molecule has 0 aliphatic rings. The average Bonchev–Trinajstić information content (AvgIpc) is 2.87. The summed E-state index contributed by atoms with van der Waals surface area (Å²) in [4.78, 5) is 0. The van der Waals surface area contributed by atoms with Gasteiger partial charge in [0.25, 0.3) is 0 Å². The molecule has 2 nitrogen and oxygen atoms in total. The van der Waals surface area contributed by atoms with Crippen LogP contribution in [0, 0.1) is 0 Å². The minimum Gasteiger partial charge on any atom is -0.437 e. The van der Waals surface area contributed by atoms with Crippen molar-refractivity contribution in [1.29, 1.82) is 0 Å². The van der Waals surface area contributed by atoms with Gasteiger partial charge in [0.05, 0.1) is 0 Å². The van der Waals surface area contributed by atoms with Crippen molar-refractivity contribution in [1.82, 2.24) is 0 Å². The molecule has 320 valence electrons. The summed E-state index contributed by atoms with van der Waals surface area (Å²) in [5.74, 6) is -76.7. The van der Waals surface area contributed by atoms with Crippen LogP contribution in [0.5, 0.6) is 0 Å². The molecule has 0 saturated carbocycles. The molecular formula is C22H26F26O2Si3. The van der Waals surface area contributed by atoms with Gasteiger partial charge in [-0.1, -0.05) is 0 Å². The predicted octanol–water partition coefficient (Wildman–Crippen LogP) is 12.4. The lowest BCUT2D eigenvalue weighted by Gasteiger charge is -2.42. The SMILES string of the molecule is C[Si](C)(CCC(F)(F)C(F)(F)C(F)(F)C(F)(F)C(F)(F)C(F)(F)F)O[Si](C)(C)O[Si](C)(C)CCC(F)(F)C(F)(F)C(F)(F)C(F)(F)C(F)(F)C(F)(F)F. The van der Waals surface area contributed by atoms with Crippen LogP contribution in [0.4, 0.5) is 114 Å². The van der Waals surface area contributed by atoms with Crippen LogP contribution in [-0.4, -0.2) is 96.8 Å². The highest BCUT2D eigenvalue weighted by atomic mass is 28.5. The van der Waals surface area contributed by atoms with Crippen LogP contribution >= 0.6 is 0 Å². The van der Waals surface area contributed by atoms with Crippen molar-refractivity contribution in [3.63, 3.8) is 0 Å². The zero-order valence-electron chi connectivity index (χ0n) is 27.0. The first-order chi connectivity index (χ1) is 22.3. The highest BCUT2D eigenvalue weighted by molar-refractivity contribution is 6.87. The van der Waals surface area contributed by atoms with Crippen molar-refractivity contribution in [3.05, 3.63) is 0 Å². The van der Waals surface area contributed by atoms with Gasteiger partial charge in [-0.25, -0.2) is 0 Å². The summed E-state index contributed by atoms with van der Waals surface area (Å²) >= 11 is 0. The van der Waals surface area contributed by atoms with E-state index in [4.69, 9.17) is 8.23 Å². The predicted molar refractivity (Wildman–Crippen MR) is 135 cm³/mol. The quantitative estimate of drug-likeness (QED) is 0.101. The molecule has 0 atom stereocenters. The molecule has 0 saturated heterocycles. The fraction of sp³-hybridized carbons (Fsp3) is 1.00. The highest BCUT2D eigenvalue weighted by Crippen LogP contribution is 2.62. The maximum Gasteiger partial charge on any atom is 0.460 e. The summed E-state index contributed by atoms with van der Waals surface area (Å²) in [5, 5.41) is 0. The Morgan fingerprint density at radius 1 is 0.302 bits per heavy atom. The van der Waals surface area contributed by atoms with E-state index in [-0.39, 0.29) is 0 Å². The molecule has 0 rings (SSSR count). The number of rotatable bonds is 18. The van der Waals surface area contributed by atoms with Crippen LogP contribution in [0.15, 0.2) is 0 Å². The van der Waals surface area contributed by atoms with E-state index in [2.05, 4.69) is 0 Å². The van der Waals surface area contributed by atoms with E-state index in [1.807, 2.05) is 0 Å². The third kappa shape index (κ3) is 9.16. The summed E-state index contributed by atoms with van der Waals surface area (Å²) in [6.07, 6.45) is -20.7. The van der Waals surface area contributed by atoms with E-state index in [1.165, 1.54) is 0 Å². The van der Waals surface area contributed by atoms with Gasteiger partial charge < -0.3 is 8.23 Å². The summed E-state index contributed by atoms with van der Waals surface area (Å²) in [6, 6.07) is -3.16. The number of halogens is 26. The molecule has 0 heterocycles. The van der Waals surface area contributed by atoms with Gasteiger partial charge in [-0.05, 0) is 51.4 Å². The first-order valence-electron chi connectivity index (χ1n) is 13.6. The molecule has 0 spiro atoms. The Morgan fingerprint density at radius 2 is 0.491 bits per heavy atom. The Bertz CT molecular complexity index is 1180. The van der Waals surface area contributed by atoms with Gasteiger partial charge in [0.2, 0.25) is 0 Å². The monoisotopic (exact) mass is 900 g/mol. The van der Waals surface area contributed by atoms with Crippen molar-refractivity contribution in [3.8, 4) is 0 Å². The third-order valence-electron chi connectivity index (χ3n) is 7.12. The number of hydrogen-bond acceptors (Lipinski definition) is 2. The molecule has 0 radical (unpaired) electrons. The normalized spacial score (nSPS) is 16.8. The van der Waals surface area contributed by atoms with Gasteiger partial charge >= 0.3 is 80.1 Å². The second kappa shape index (κ2) is 14.0. The number of alkyl halides is 26. The Kier molecular flexibility index (Phi) is 13.7. The van der Waals surface area contributed by atoms with Gasteiger partial charge in [0.15, 0.2) is 16.6 Å². The lowest BCUT2D eigenvalue weighted by atomic mass is 9.93. The van der Waals surface area contributed by atoms with E-state index < -0.39 is 122 Å². The Hall–Kier alpha value is -1.25. The van der Waals surface area contributed by atoms with E-state index in [1.54, 1.807) is 0 Å². The molecule has 0 aromatic rings. The zero-order valence-corrected chi connectivity index (χ0v) is 30.0. The molecular weight excluding hydrogens is 874 g/mol. The van der Waals surface area contributed by atoms with Crippen LogP contribution in [-0.2, 0) is 8.23 Å². The molecule has 0 aromatic heterocycles. The average molecular weight is 901 g/mol. The van der Waals surface area contributed by atoms with Gasteiger partial charge in [-0.15, -0.1) is 0 Å². The summed E-state index contributed by atoms with van der Waals surface area (Å²) in [5.41, 5.74) is 0. The van der Waals surface area contributed by atoms with Crippen molar-refractivity contribution in [2.75, 3.05) is 0 Å². The van der Waals surface area contributed by atoms with Gasteiger partial charge in [-0.2, -0.15) is 114 Å². The van der Waals surface area contributed by atoms with Gasteiger partial charge in [0, 0.05) is 12.8 Å². The third-order valence-corrected chi connectivity index (χ3v) is 18.4. The Balaban J connectivity index is 6.10. The van der Waals surface area contributed by atoms with Gasteiger partial charge in [-0.3, -0.25) is 0 Å². The van der Waals surface area contributed by atoms with Crippen molar-refractivity contribution in [2.45, 2.75) is 136 Å².